The van der Waals surface area contributed by atoms with Gasteiger partial charge in [0.1, 0.15) is 6.54 Å². The zero-order valence-electron chi connectivity index (χ0n) is 8.76. The quantitative estimate of drug-likeness (QED) is 0.830. The van der Waals surface area contributed by atoms with Gasteiger partial charge in [0.05, 0.1) is 0 Å². The fraction of sp³-hybridized carbons (Fsp3) is 1.00. The van der Waals surface area contributed by atoms with Crippen LogP contribution < -0.4 is 4.72 Å². The Bertz CT molecular complexity index is 308. The fourth-order valence-electron chi connectivity index (χ4n) is 1.55. The predicted molar refractivity (Wildman–Crippen MR) is 53.0 cm³/mol. The van der Waals surface area contributed by atoms with Crippen LogP contribution in [0, 0.1) is 0 Å². The molecule has 0 aromatic rings. The molecule has 0 aliphatic carbocycles. The summed E-state index contributed by atoms with van der Waals surface area (Å²) in [4.78, 5) is 0. The Morgan fingerprint density at radius 1 is 1.06 bits per heavy atom. The van der Waals surface area contributed by atoms with Gasteiger partial charge in [-0.1, -0.05) is 12.8 Å². The van der Waals surface area contributed by atoms with Crippen LogP contribution in [-0.2, 0) is 10.2 Å². The van der Waals surface area contributed by atoms with Gasteiger partial charge in [-0.2, -0.15) is 30.6 Å². The third-order valence-corrected chi connectivity index (χ3v) is 3.91. The highest BCUT2D eigenvalue weighted by Gasteiger charge is 2.31. The largest absolute Gasteiger partial charge is 0.402 e. The minimum Gasteiger partial charge on any atom is -0.195 e. The summed E-state index contributed by atoms with van der Waals surface area (Å²) in [5.74, 6) is 0. The summed E-state index contributed by atoms with van der Waals surface area (Å²) in [6.07, 6.45) is -1.27. The molecule has 0 amide bonds. The van der Waals surface area contributed by atoms with Gasteiger partial charge in [-0.3, -0.25) is 0 Å². The minimum absolute atomic E-state index is 0.299. The Morgan fingerprint density at radius 3 is 2.00 bits per heavy atom. The molecular formula is C8H15F3N2O2S. The first-order valence-corrected chi connectivity index (χ1v) is 6.57. The van der Waals surface area contributed by atoms with E-state index < -0.39 is 22.9 Å². The molecule has 1 N–H and O–H groups in total. The molecule has 0 aromatic carbocycles. The van der Waals surface area contributed by atoms with Crippen molar-refractivity contribution in [3.05, 3.63) is 0 Å². The standard InChI is InChI=1S/C8H15F3N2O2S/c9-8(10,11)7-12-16(14,15)13-5-3-1-2-4-6-13/h12H,1-7H2. The van der Waals surface area contributed by atoms with Gasteiger partial charge in [0, 0.05) is 13.1 Å². The summed E-state index contributed by atoms with van der Waals surface area (Å²) in [6, 6.07) is 0. The maximum absolute atomic E-state index is 11.9. The van der Waals surface area contributed by atoms with Crippen molar-refractivity contribution in [2.45, 2.75) is 31.9 Å². The third kappa shape index (κ3) is 4.67. The molecule has 0 atom stereocenters. The maximum atomic E-state index is 11.9. The molecular weight excluding hydrogens is 245 g/mol. The van der Waals surface area contributed by atoms with Gasteiger partial charge in [-0.25, -0.2) is 0 Å². The van der Waals surface area contributed by atoms with Gasteiger partial charge in [0.25, 0.3) is 10.2 Å². The summed E-state index contributed by atoms with van der Waals surface area (Å²) in [5.41, 5.74) is 0. The second kappa shape index (κ2) is 5.33. The molecule has 4 nitrogen and oxygen atoms in total. The average molecular weight is 260 g/mol. The molecule has 0 spiro atoms. The molecule has 0 unspecified atom stereocenters. The van der Waals surface area contributed by atoms with Crippen molar-refractivity contribution in [2.24, 2.45) is 0 Å². The second-order valence-electron chi connectivity index (χ2n) is 3.75. The van der Waals surface area contributed by atoms with Gasteiger partial charge in [0.2, 0.25) is 0 Å². The van der Waals surface area contributed by atoms with E-state index in [2.05, 4.69) is 0 Å². The SMILES string of the molecule is O=S(=O)(NCC(F)(F)F)N1CCCCCC1. The molecule has 1 heterocycles. The molecule has 1 aliphatic rings. The van der Waals surface area contributed by atoms with E-state index in [1.54, 1.807) is 4.72 Å². The van der Waals surface area contributed by atoms with Crippen molar-refractivity contribution >= 4 is 10.2 Å². The molecule has 0 bridgehead atoms. The summed E-state index contributed by atoms with van der Waals surface area (Å²) in [6.45, 7) is -0.911. The highest BCUT2D eigenvalue weighted by molar-refractivity contribution is 7.87. The van der Waals surface area contributed by atoms with E-state index in [9.17, 15) is 21.6 Å². The molecule has 8 heteroatoms. The van der Waals surface area contributed by atoms with E-state index in [4.69, 9.17) is 0 Å². The van der Waals surface area contributed by atoms with E-state index in [1.165, 1.54) is 0 Å². The Labute approximate surface area is 93.0 Å². The highest BCUT2D eigenvalue weighted by atomic mass is 32.2. The van der Waals surface area contributed by atoms with E-state index in [1.807, 2.05) is 0 Å². The van der Waals surface area contributed by atoms with Crippen LogP contribution in [0.2, 0.25) is 0 Å². The molecule has 1 saturated heterocycles. The lowest BCUT2D eigenvalue weighted by molar-refractivity contribution is -0.121. The van der Waals surface area contributed by atoms with Crippen molar-refractivity contribution in [1.82, 2.24) is 9.03 Å². The van der Waals surface area contributed by atoms with E-state index in [0.29, 0.717) is 25.9 Å². The third-order valence-electron chi connectivity index (χ3n) is 2.36. The van der Waals surface area contributed by atoms with Crippen LogP contribution in [0.15, 0.2) is 0 Å². The monoisotopic (exact) mass is 260 g/mol. The minimum atomic E-state index is -4.51. The molecule has 0 saturated carbocycles. The summed E-state index contributed by atoms with van der Waals surface area (Å²) >= 11 is 0. The van der Waals surface area contributed by atoms with Crippen LogP contribution in [-0.4, -0.2) is 38.5 Å². The number of rotatable bonds is 3. The molecule has 1 rings (SSSR count). The first-order chi connectivity index (χ1) is 7.31. The number of alkyl halides is 3. The van der Waals surface area contributed by atoms with Crippen LogP contribution in [0.25, 0.3) is 0 Å². The number of hydrogen-bond acceptors (Lipinski definition) is 2. The lowest BCUT2D eigenvalue weighted by Crippen LogP contribution is -2.44. The number of hydrogen-bond donors (Lipinski definition) is 1. The topological polar surface area (TPSA) is 49.4 Å². The smallest absolute Gasteiger partial charge is 0.195 e. The van der Waals surface area contributed by atoms with Crippen LogP contribution in [0.4, 0.5) is 13.2 Å². The predicted octanol–water partition coefficient (Wildman–Crippen LogP) is 1.26. The van der Waals surface area contributed by atoms with E-state index >= 15 is 0 Å². The van der Waals surface area contributed by atoms with Crippen molar-refractivity contribution < 1.29 is 21.6 Å². The van der Waals surface area contributed by atoms with Crippen molar-refractivity contribution in [2.75, 3.05) is 19.6 Å². The lowest BCUT2D eigenvalue weighted by Gasteiger charge is -2.20. The zero-order chi connectivity index (χ0) is 12.2. The number of halogens is 3. The fourth-order valence-corrected chi connectivity index (χ4v) is 2.81. The molecule has 0 radical (unpaired) electrons. The normalized spacial score (nSPS) is 20.7. The van der Waals surface area contributed by atoms with Gasteiger partial charge in [-0.15, -0.1) is 0 Å². The van der Waals surface area contributed by atoms with Gasteiger partial charge in [0.15, 0.2) is 0 Å². The highest BCUT2D eigenvalue weighted by Crippen LogP contribution is 2.15. The second-order valence-corrected chi connectivity index (χ2v) is 5.51. The number of nitrogens with zero attached hydrogens (tertiary/aromatic N) is 1. The van der Waals surface area contributed by atoms with Crippen LogP contribution in [0.3, 0.4) is 0 Å². The zero-order valence-corrected chi connectivity index (χ0v) is 9.57. The Kier molecular flexibility index (Phi) is 4.57. The van der Waals surface area contributed by atoms with Crippen LogP contribution in [0.1, 0.15) is 25.7 Å². The van der Waals surface area contributed by atoms with Crippen molar-refractivity contribution in [3.63, 3.8) is 0 Å². The van der Waals surface area contributed by atoms with E-state index in [0.717, 1.165) is 17.1 Å². The number of nitrogens with one attached hydrogen (secondary N) is 1. The van der Waals surface area contributed by atoms with Crippen LogP contribution >= 0.6 is 0 Å². The molecule has 0 aromatic heterocycles. The molecule has 96 valence electrons. The molecule has 1 fully saturated rings. The lowest BCUT2D eigenvalue weighted by atomic mass is 10.2. The summed E-state index contributed by atoms with van der Waals surface area (Å²) in [7, 11) is -3.98. The van der Waals surface area contributed by atoms with Gasteiger partial charge < -0.3 is 0 Å². The Morgan fingerprint density at radius 2 is 1.56 bits per heavy atom. The van der Waals surface area contributed by atoms with Crippen molar-refractivity contribution in [1.29, 1.82) is 0 Å². The molecule has 1 aliphatic heterocycles. The summed E-state index contributed by atoms with van der Waals surface area (Å²) < 4.78 is 61.3. The Balaban J connectivity index is 2.55. The first-order valence-electron chi connectivity index (χ1n) is 5.13. The van der Waals surface area contributed by atoms with Gasteiger partial charge >= 0.3 is 6.18 Å². The average Bonchev–Trinajstić information content (AvgIpc) is 2.42. The first kappa shape index (κ1) is 13.7. The van der Waals surface area contributed by atoms with Crippen LogP contribution in [0.5, 0.6) is 0 Å². The van der Waals surface area contributed by atoms with Crippen molar-refractivity contribution in [3.8, 4) is 0 Å². The Hall–Kier alpha value is -0.340. The summed E-state index contributed by atoms with van der Waals surface area (Å²) in [5, 5.41) is 0. The van der Waals surface area contributed by atoms with E-state index in [-0.39, 0.29) is 0 Å². The molecule has 16 heavy (non-hydrogen) atoms. The van der Waals surface area contributed by atoms with Gasteiger partial charge in [-0.05, 0) is 12.8 Å². The maximum Gasteiger partial charge on any atom is 0.402 e.